The fraction of sp³-hybridized carbons (Fsp3) is 0.778. The smallest absolute Gasteiger partial charge is 0.0314 e. The van der Waals surface area contributed by atoms with E-state index < -0.39 is 0 Å². The van der Waals surface area contributed by atoms with E-state index in [1.54, 1.807) is 0 Å². The average Bonchev–Trinajstić information content (AvgIpc) is 2.01. The van der Waals surface area contributed by atoms with Gasteiger partial charge >= 0.3 is 0 Å². The molecule has 0 aliphatic rings. The number of halogens is 1. The second-order valence-electron chi connectivity index (χ2n) is 3.02. The Bertz CT molecular complexity index is 121. The quantitative estimate of drug-likeness (QED) is 0.437. The molecule has 0 N–H and O–H groups in total. The van der Waals surface area contributed by atoms with Crippen LogP contribution in [0, 0.1) is 5.41 Å². The summed E-state index contributed by atoms with van der Waals surface area (Å²) in [5.74, 6) is 0.722. The first-order valence-electron chi connectivity index (χ1n) is 3.80. The summed E-state index contributed by atoms with van der Waals surface area (Å²) in [6.45, 7) is 8.59. The van der Waals surface area contributed by atoms with Gasteiger partial charge in [0.05, 0.1) is 0 Å². The summed E-state index contributed by atoms with van der Waals surface area (Å²) in [6, 6.07) is 0. The van der Waals surface area contributed by atoms with Crippen LogP contribution in [-0.2, 0) is 0 Å². The zero-order chi connectivity index (χ0) is 8.20. The Labute approximate surface area is 69.3 Å². The Kier molecular flexibility index (Phi) is 4.04. The summed E-state index contributed by atoms with van der Waals surface area (Å²) in [5, 5.41) is 0. The van der Waals surface area contributed by atoms with Crippen LogP contribution in [0.5, 0.6) is 0 Å². The van der Waals surface area contributed by atoms with Crippen LogP contribution in [0.2, 0.25) is 0 Å². The van der Waals surface area contributed by atoms with E-state index in [2.05, 4.69) is 33.8 Å². The monoisotopic (exact) mass is 160 g/mol. The highest BCUT2D eigenvalue weighted by Crippen LogP contribution is 2.31. The summed E-state index contributed by atoms with van der Waals surface area (Å²) < 4.78 is 0. The van der Waals surface area contributed by atoms with E-state index in [1.807, 2.05) is 0 Å². The molecular weight excluding hydrogens is 144 g/mol. The summed E-state index contributed by atoms with van der Waals surface area (Å²) in [6.07, 6.45) is 3.26. The number of hydrogen-bond donors (Lipinski definition) is 0. The Morgan fingerprint density at radius 2 is 2.10 bits per heavy atom. The van der Waals surface area contributed by atoms with Crippen molar-refractivity contribution in [2.75, 3.05) is 5.88 Å². The first-order valence-corrected chi connectivity index (χ1v) is 4.33. The van der Waals surface area contributed by atoms with Crippen molar-refractivity contribution in [2.24, 2.45) is 5.41 Å². The lowest BCUT2D eigenvalue weighted by molar-refractivity contribution is 0.435. The van der Waals surface area contributed by atoms with E-state index in [1.165, 1.54) is 5.57 Å². The lowest BCUT2D eigenvalue weighted by Gasteiger charge is -2.26. The van der Waals surface area contributed by atoms with Gasteiger partial charge in [-0.05, 0) is 20.3 Å². The van der Waals surface area contributed by atoms with Crippen molar-refractivity contribution >= 4 is 11.6 Å². The zero-order valence-electron chi connectivity index (χ0n) is 7.37. The predicted molar refractivity (Wildman–Crippen MR) is 48.5 cm³/mol. The molecule has 1 atom stereocenters. The lowest BCUT2D eigenvalue weighted by atomic mass is 9.82. The molecule has 0 amide bonds. The minimum absolute atomic E-state index is 0.219. The van der Waals surface area contributed by atoms with Gasteiger partial charge < -0.3 is 0 Å². The minimum Gasteiger partial charge on any atom is -0.126 e. The molecule has 0 saturated carbocycles. The molecule has 0 aliphatic heterocycles. The van der Waals surface area contributed by atoms with Crippen LogP contribution in [0.1, 0.15) is 34.1 Å². The van der Waals surface area contributed by atoms with Crippen molar-refractivity contribution in [1.82, 2.24) is 0 Å². The molecule has 0 aromatic carbocycles. The van der Waals surface area contributed by atoms with Crippen molar-refractivity contribution in [1.29, 1.82) is 0 Å². The van der Waals surface area contributed by atoms with Crippen LogP contribution in [0.4, 0.5) is 0 Å². The Balaban J connectivity index is 4.32. The molecule has 0 aromatic heterocycles. The molecule has 0 aromatic rings. The molecule has 0 rings (SSSR count). The van der Waals surface area contributed by atoms with Gasteiger partial charge in [0.1, 0.15) is 0 Å². The number of allylic oxidation sites excluding steroid dienone is 2. The molecular formula is C9H17Cl. The molecule has 0 heterocycles. The largest absolute Gasteiger partial charge is 0.126 e. The Morgan fingerprint density at radius 3 is 2.20 bits per heavy atom. The lowest BCUT2D eigenvalue weighted by Crippen LogP contribution is -2.18. The SMILES string of the molecule is C/C=C(\C)[C@](C)(CC)CCl. The van der Waals surface area contributed by atoms with E-state index >= 15 is 0 Å². The number of alkyl halides is 1. The molecule has 0 nitrogen and oxygen atoms in total. The third-order valence-electron chi connectivity index (χ3n) is 2.46. The molecule has 1 heteroatoms. The van der Waals surface area contributed by atoms with E-state index in [0.29, 0.717) is 0 Å². The molecule has 0 aliphatic carbocycles. The Hall–Kier alpha value is 0.0300. The van der Waals surface area contributed by atoms with Gasteiger partial charge in [-0.1, -0.05) is 25.5 Å². The molecule has 0 bridgehead atoms. The highest BCUT2D eigenvalue weighted by molar-refractivity contribution is 6.18. The number of hydrogen-bond acceptors (Lipinski definition) is 0. The van der Waals surface area contributed by atoms with E-state index in [9.17, 15) is 0 Å². The molecule has 60 valence electrons. The number of rotatable bonds is 3. The maximum atomic E-state index is 5.84. The first kappa shape index (κ1) is 10.0. The van der Waals surface area contributed by atoms with Crippen molar-refractivity contribution in [3.8, 4) is 0 Å². The third kappa shape index (κ3) is 2.02. The van der Waals surface area contributed by atoms with Gasteiger partial charge in [0, 0.05) is 11.3 Å². The van der Waals surface area contributed by atoms with Crippen LogP contribution < -0.4 is 0 Å². The van der Waals surface area contributed by atoms with Crippen LogP contribution in [-0.4, -0.2) is 5.88 Å². The highest BCUT2D eigenvalue weighted by atomic mass is 35.5. The molecule has 0 radical (unpaired) electrons. The van der Waals surface area contributed by atoms with Crippen LogP contribution >= 0.6 is 11.6 Å². The normalized spacial score (nSPS) is 18.7. The predicted octanol–water partition coefficient (Wildman–Crippen LogP) is 3.61. The van der Waals surface area contributed by atoms with Crippen LogP contribution in [0.3, 0.4) is 0 Å². The highest BCUT2D eigenvalue weighted by Gasteiger charge is 2.21. The van der Waals surface area contributed by atoms with E-state index in [4.69, 9.17) is 11.6 Å². The first-order chi connectivity index (χ1) is 4.60. The van der Waals surface area contributed by atoms with Crippen molar-refractivity contribution < 1.29 is 0 Å². The molecule has 10 heavy (non-hydrogen) atoms. The summed E-state index contributed by atoms with van der Waals surface area (Å²) in [7, 11) is 0. The third-order valence-corrected chi connectivity index (χ3v) is 3.05. The van der Waals surface area contributed by atoms with Crippen molar-refractivity contribution in [2.45, 2.75) is 34.1 Å². The van der Waals surface area contributed by atoms with Gasteiger partial charge in [-0.3, -0.25) is 0 Å². The molecule has 0 fully saturated rings. The second kappa shape index (κ2) is 4.02. The molecule has 0 saturated heterocycles. The van der Waals surface area contributed by atoms with Gasteiger partial charge in [0.25, 0.3) is 0 Å². The fourth-order valence-electron chi connectivity index (χ4n) is 0.827. The van der Waals surface area contributed by atoms with E-state index in [-0.39, 0.29) is 5.41 Å². The van der Waals surface area contributed by atoms with Crippen LogP contribution in [0.15, 0.2) is 11.6 Å². The maximum Gasteiger partial charge on any atom is 0.0314 e. The summed E-state index contributed by atoms with van der Waals surface area (Å²) >= 11 is 5.84. The maximum absolute atomic E-state index is 5.84. The van der Waals surface area contributed by atoms with Gasteiger partial charge in [0.15, 0.2) is 0 Å². The molecule has 0 unspecified atom stereocenters. The van der Waals surface area contributed by atoms with Crippen molar-refractivity contribution in [3.63, 3.8) is 0 Å². The van der Waals surface area contributed by atoms with E-state index in [0.717, 1.165) is 12.3 Å². The standard InChI is InChI=1S/C9H17Cl/c1-5-8(3)9(4,6-2)7-10/h5H,6-7H2,1-4H3/b8-5+/t9-/m1/s1. The van der Waals surface area contributed by atoms with Gasteiger partial charge in [-0.15, -0.1) is 11.6 Å². The summed E-state index contributed by atoms with van der Waals surface area (Å²) in [4.78, 5) is 0. The average molecular weight is 161 g/mol. The van der Waals surface area contributed by atoms with Gasteiger partial charge in [-0.25, -0.2) is 0 Å². The molecule has 0 spiro atoms. The minimum atomic E-state index is 0.219. The fourth-order valence-corrected chi connectivity index (χ4v) is 1.23. The summed E-state index contributed by atoms with van der Waals surface area (Å²) in [5.41, 5.74) is 1.61. The zero-order valence-corrected chi connectivity index (χ0v) is 8.13. The van der Waals surface area contributed by atoms with Crippen LogP contribution in [0.25, 0.3) is 0 Å². The van der Waals surface area contributed by atoms with Gasteiger partial charge in [0.2, 0.25) is 0 Å². The topological polar surface area (TPSA) is 0 Å². The van der Waals surface area contributed by atoms with Crippen molar-refractivity contribution in [3.05, 3.63) is 11.6 Å². The van der Waals surface area contributed by atoms with Gasteiger partial charge in [-0.2, -0.15) is 0 Å². The second-order valence-corrected chi connectivity index (χ2v) is 3.29. The Morgan fingerprint density at radius 1 is 1.60 bits per heavy atom.